The molecule has 1 rings (SSSR count). The van der Waals surface area contributed by atoms with E-state index in [-0.39, 0.29) is 6.23 Å². The summed E-state index contributed by atoms with van der Waals surface area (Å²) in [5.41, 5.74) is 0. The van der Waals surface area contributed by atoms with E-state index < -0.39 is 0 Å². The maximum absolute atomic E-state index is 6.15. The largest absolute Gasteiger partial charge is 0.475 e. The lowest BCUT2D eigenvalue weighted by Gasteiger charge is -2.30. The van der Waals surface area contributed by atoms with Crippen LogP contribution in [0.4, 0.5) is 0 Å². The summed E-state index contributed by atoms with van der Waals surface area (Å²) in [5.74, 6) is 0.980. The molecule has 0 spiro atoms. The van der Waals surface area contributed by atoms with Crippen LogP contribution in [0.5, 0.6) is 5.75 Å². The fourth-order valence-electron chi connectivity index (χ4n) is 2.14. The first-order valence-corrected chi connectivity index (χ1v) is 7.27. The quantitative estimate of drug-likeness (QED) is 0.605. The fraction of sp³-hybridized carbons (Fsp3) is 0.625. The third kappa shape index (κ3) is 5.09. The SMILES string of the molecule is CCCCC(Oc1ccccc1)N(CC)CCC. The lowest BCUT2D eigenvalue weighted by atomic mass is 10.2. The second-order valence-corrected chi connectivity index (χ2v) is 4.66. The molecule has 1 unspecified atom stereocenters. The van der Waals surface area contributed by atoms with Crippen LogP contribution in [0.15, 0.2) is 30.3 Å². The van der Waals surface area contributed by atoms with Gasteiger partial charge in [0.05, 0.1) is 0 Å². The molecule has 0 heterocycles. The van der Waals surface area contributed by atoms with Crippen molar-refractivity contribution in [2.75, 3.05) is 13.1 Å². The smallest absolute Gasteiger partial charge is 0.152 e. The minimum Gasteiger partial charge on any atom is -0.475 e. The van der Waals surface area contributed by atoms with Crippen LogP contribution in [0.2, 0.25) is 0 Å². The molecule has 1 aromatic carbocycles. The molecule has 18 heavy (non-hydrogen) atoms. The summed E-state index contributed by atoms with van der Waals surface area (Å²) >= 11 is 0. The van der Waals surface area contributed by atoms with Gasteiger partial charge in [-0.25, -0.2) is 0 Å². The maximum Gasteiger partial charge on any atom is 0.152 e. The monoisotopic (exact) mass is 249 g/mol. The molecule has 1 aromatic rings. The van der Waals surface area contributed by atoms with E-state index in [0.29, 0.717) is 0 Å². The van der Waals surface area contributed by atoms with Gasteiger partial charge in [-0.15, -0.1) is 0 Å². The molecule has 0 aliphatic rings. The van der Waals surface area contributed by atoms with Gasteiger partial charge in [0.15, 0.2) is 6.23 Å². The summed E-state index contributed by atoms with van der Waals surface area (Å²) in [4.78, 5) is 2.43. The van der Waals surface area contributed by atoms with Gasteiger partial charge in [-0.1, -0.05) is 45.4 Å². The molecule has 0 aromatic heterocycles. The Hall–Kier alpha value is -1.02. The Balaban J connectivity index is 2.64. The van der Waals surface area contributed by atoms with Crippen LogP contribution < -0.4 is 4.74 Å². The van der Waals surface area contributed by atoms with E-state index in [9.17, 15) is 0 Å². The Morgan fingerprint density at radius 3 is 2.33 bits per heavy atom. The first-order chi connectivity index (χ1) is 8.81. The lowest BCUT2D eigenvalue weighted by molar-refractivity contribution is 0.0207. The average molecular weight is 249 g/mol. The number of nitrogens with zero attached hydrogens (tertiary/aromatic N) is 1. The van der Waals surface area contributed by atoms with E-state index in [1.807, 2.05) is 30.3 Å². The fourth-order valence-corrected chi connectivity index (χ4v) is 2.14. The highest BCUT2D eigenvalue weighted by Crippen LogP contribution is 2.17. The zero-order valence-electron chi connectivity index (χ0n) is 12.1. The van der Waals surface area contributed by atoms with E-state index in [2.05, 4.69) is 25.7 Å². The summed E-state index contributed by atoms with van der Waals surface area (Å²) in [7, 11) is 0. The highest BCUT2D eigenvalue weighted by Gasteiger charge is 2.17. The summed E-state index contributed by atoms with van der Waals surface area (Å²) < 4.78 is 6.15. The van der Waals surface area contributed by atoms with Gasteiger partial charge in [-0.05, 0) is 37.9 Å². The maximum atomic E-state index is 6.15. The van der Waals surface area contributed by atoms with Crippen molar-refractivity contribution < 1.29 is 4.74 Å². The van der Waals surface area contributed by atoms with Crippen LogP contribution in [-0.2, 0) is 0 Å². The zero-order chi connectivity index (χ0) is 13.2. The molecule has 0 aliphatic carbocycles. The van der Waals surface area contributed by atoms with Crippen LogP contribution in [0.25, 0.3) is 0 Å². The van der Waals surface area contributed by atoms with E-state index >= 15 is 0 Å². The second-order valence-electron chi connectivity index (χ2n) is 4.66. The van der Waals surface area contributed by atoms with Crippen molar-refractivity contribution in [2.24, 2.45) is 0 Å². The van der Waals surface area contributed by atoms with Gasteiger partial charge in [0, 0.05) is 6.54 Å². The van der Waals surface area contributed by atoms with E-state index in [1.165, 1.54) is 19.3 Å². The predicted octanol–water partition coefficient (Wildman–Crippen LogP) is 4.31. The van der Waals surface area contributed by atoms with E-state index in [0.717, 1.165) is 25.3 Å². The molecule has 0 aliphatic heterocycles. The van der Waals surface area contributed by atoms with Crippen molar-refractivity contribution in [3.63, 3.8) is 0 Å². The molecule has 2 heteroatoms. The van der Waals surface area contributed by atoms with Crippen molar-refractivity contribution in [3.8, 4) is 5.75 Å². The summed E-state index contributed by atoms with van der Waals surface area (Å²) in [6.07, 6.45) is 4.95. The van der Waals surface area contributed by atoms with Gasteiger partial charge in [0.1, 0.15) is 5.75 Å². The van der Waals surface area contributed by atoms with E-state index in [1.54, 1.807) is 0 Å². The number of benzene rings is 1. The average Bonchev–Trinajstić information content (AvgIpc) is 2.42. The van der Waals surface area contributed by atoms with Gasteiger partial charge < -0.3 is 4.74 Å². The summed E-state index contributed by atoms with van der Waals surface area (Å²) in [6.45, 7) is 8.83. The number of rotatable bonds is 9. The summed E-state index contributed by atoms with van der Waals surface area (Å²) in [6, 6.07) is 10.2. The van der Waals surface area contributed by atoms with Crippen molar-refractivity contribution >= 4 is 0 Å². The van der Waals surface area contributed by atoms with Crippen LogP contribution >= 0.6 is 0 Å². The standard InChI is InChI=1S/C16H27NO/c1-4-7-13-16(17(6-3)14-5-2)18-15-11-9-8-10-12-15/h8-12,16H,4-7,13-14H2,1-3H3. The molecule has 0 saturated carbocycles. The van der Waals surface area contributed by atoms with Gasteiger partial charge in [0.2, 0.25) is 0 Å². The van der Waals surface area contributed by atoms with Gasteiger partial charge in [0.25, 0.3) is 0 Å². The van der Waals surface area contributed by atoms with Crippen LogP contribution in [0.3, 0.4) is 0 Å². The molecule has 0 radical (unpaired) electrons. The Morgan fingerprint density at radius 2 is 1.78 bits per heavy atom. The molecule has 0 bridgehead atoms. The number of para-hydroxylation sites is 1. The molecule has 102 valence electrons. The van der Waals surface area contributed by atoms with Crippen molar-refractivity contribution in [3.05, 3.63) is 30.3 Å². The second kappa shape index (κ2) is 8.98. The molecular formula is C16H27NO. The molecule has 2 nitrogen and oxygen atoms in total. The van der Waals surface area contributed by atoms with Crippen molar-refractivity contribution in [2.45, 2.75) is 52.7 Å². The van der Waals surface area contributed by atoms with Crippen LogP contribution in [0.1, 0.15) is 46.5 Å². The minimum atomic E-state index is 0.220. The molecule has 0 saturated heterocycles. The molecular weight excluding hydrogens is 222 g/mol. The summed E-state index contributed by atoms with van der Waals surface area (Å²) in [5, 5.41) is 0. The van der Waals surface area contributed by atoms with Crippen LogP contribution in [-0.4, -0.2) is 24.2 Å². The Bertz CT molecular complexity index is 299. The lowest BCUT2D eigenvalue weighted by Crippen LogP contribution is -2.40. The molecule has 0 N–H and O–H groups in total. The third-order valence-corrected chi connectivity index (χ3v) is 3.14. The number of ether oxygens (including phenoxy) is 1. The minimum absolute atomic E-state index is 0.220. The van der Waals surface area contributed by atoms with Crippen molar-refractivity contribution in [1.82, 2.24) is 4.90 Å². The van der Waals surface area contributed by atoms with E-state index in [4.69, 9.17) is 4.74 Å². The normalized spacial score (nSPS) is 12.7. The molecule has 0 fully saturated rings. The predicted molar refractivity (Wildman–Crippen MR) is 77.9 cm³/mol. The topological polar surface area (TPSA) is 12.5 Å². The molecule has 0 amide bonds. The van der Waals surface area contributed by atoms with Crippen molar-refractivity contribution in [1.29, 1.82) is 0 Å². The van der Waals surface area contributed by atoms with Gasteiger partial charge >= 0.3 is 0 Å². The number of unbranched alkanes of at least 4 members (excludes halogenated alkanes) is 1. The Labute approximate surface area is 112 Å². The first-order valence-electron chi connectivity index (χ1n) is 7.27. The highest BCUT2D eigenvalue weighted by molar-refractivity contribution is 5.21. The first kappa shape index (κ1) is 15.0. The number of hydrogen-bond donors (Lipinski definition) is 0. The van der Waals surface area contributed by atoms with Crippen LogP contribution in [0, 0.1) is 0 Å². The Kier molecular flexibility index (Phi) is 7.51. The van der Waals surface area contributed by atoms with Gasteiger partial charge in [-0.3, -0.25) is 4.90 Å². The number of hydrogen-bond acceptors (Lipinski definition) is 2. The highest BCUT2D eigenvalue weighted by atomic mass is 16.5. The zero-order valence-corrected chi connectivity index (χ0v) is 12.1. The third-order valence-electron chi connectivity index (χ3n) is 3.14. The molecule has 1 atom stereocenters. The Morgan fingerprint density at radius 1 is 1.06 bits per heavy atom. The van der Waals surface area contributed by atoms with Gasteiger partial charge in [-0.2, -0.15) is 0 Å².